The molecule has 0 unspecified atom stereocenters. The van der Waals surface area contributed by atoms with Crippen LogP contribution >= 0.6 is 24.8 Å². The monoisotopic (exact) mass is 375 g/mol. The fraction of sp³-hybridized carbons (Fsp3) is 0.588. The third-order valence-corrected chi connectivity index (χ3v) is 4.98. The van der Waals surface area contributed by atoms with E-state index < -0.39 is 5.82 Å². The summed E-state index contributed by atoms with van der Waals surface area (Å²) in [5.74, 6) is -0.340. The Morgan fingerprint density at radius 1 is 1.21 bits per heavy atom. The maximum Gasteiger partial charge on any atom is 0.144 e. The van der Waals surface area contributed by atoms with Crippen molar-refractivity contribution in [3.05, 3.63) is 29.1 Å². The van der Waals surface area contributed by atoms with E-state index in [0.717, 1.165) is 39.0 Å². The summed E-state index contributed by atoms with van der Waals surface area (Å²) in [6.45, 7) is 3.69. The summed E-state index contributed by atoms with van der Waals surface area (Å²) in [6, 6.07) is 4.86. The molecule has 1 aromatic carbocycles. The topological polar surface area (TPSA) is 59.3 Å². The number of nitriles is 1. The van der Waals surface area contributed by atoms with Crippen LogP contribution in [0, 0.1) is 23.1 Å². The van der Waals surface area contributed by atoms with Crippen LogP contribution in [0.3, 0.4) is 0 Å². The average molecular weight is 376 g/mol. The van der Waals surface area contributed by atoms with Gasteiger partial charge in [0.25, 0.3) is 0 Å². The summed E-state index contributed by atoms with van der Waals surface area (Å²) in [5.41, 5.74) is 0.488. The van der Waals surface area contributed by atoms with E-state index in [9.17, 15) is 9.50 Å². The van der Waals surface area contributed by atoms with Crippen LogP contribution in [0.2, 0.25) is 0 Å². The summed E-state index contributed by atoms with van der Waals surface area (Å²) >= 11 is 0. The molecule has 4 nitrogen and oxygen atoms in total. The van der Waals surface area contributed by atoms with E-state index in [0.29, 0.717) is 11.5 Å². The number of nitrogens with zero attached hydrogens (tertiary/aromatic N) is 2. The predicted octanol–water partition coefficient (Wildman–Crippen LogP) is 3.38. The van der Waals surface area contributed by atoms with Gasteiger partial charge in [0, 0.05) is 37.8 Å². The molecule has 0 spiro atoms. The lowest BCUT2D eigenvalue weighted by atomic mass is 9.88. The summed E-state index contributed by atoms with van der Waals surface area (Å²) in [7, 11) is 0. The molecule has 1 aliphatic heterocycles. The van der Waals surface area contributed by atoms with Crippen LogP contribution in [0.25, 0.3) is 0 Å². The molecule has 0 radical (unpaired) electrons. The molecule has 1 aromatic rings. The molecule has 0 bridgehead atoms. The maximum atomic E-state index is 13.7. The number of hydrogen-bond donors (Lipinski definition) is 2. The van der Waals surface area contributed by atoms with E-state index in [2.05, 4.69) is 10.2 Å². The molecule has 1 saturated carbocycles. The number of hydrogen-bond acceptors (Lipinski definition) is 4. The highest BCUT2D eigenvalue weighted by atomic mass is 35.5. The van der Waals surface area contributed by atoms with Crippen molar-refractivity contribution in [3.8, 4) is 11.8 Å². The highest BCUT2D eigenvalue weighted by Crippen LogP contribution is 2.43. The molecule has 7 heteroatoms. The predicted molar refractivity (Wildman–Crippen MR) is 96.4 cm³/mol. The molecular formula is C17H24Cl2FN3O. The van der Waals surface area contributed by atoms with E-state index in [1.165, 1.54) is 18.9 Å². The normalized spacial score (nSPS) is 19.8. The van der Waals surface area contributed by atoms with E-state index in [4.69, 9.17) is 5.26 Å². The summed E-state index contributed by atoms with van der Waals surface area (Å²) < 4.78 is 13.7. The van der Waals surface area contributed by atoms with Crippen LogP contribution in [-0.2, 0) is 0 Å². The second-order valence-corrected chi connectivity index (χ2v) is 6.25. The first-order chi connectivity index (χ1) is 10.7. The van der Waals surface area contributed by atoms with Gasteiger partial charge in [0.2, 0.25) is 0 Å². The Morgan fingerprint density at radius 3 is 2.42 bits per heavy atom. The first kappa shape index (κ1) is 21.0. The molecular weight excluding hydrogens is 352 g/mol. The highest BCUT2D eigenvalue weighted by molar-refractivity contribution is 5.85. The number of nitrogens with one attached hydrogen (secondary N) is 1. The number of rotatable bonds is 3. The van der Waals surface area contributed by atoms with Gasteiger partial charge in [-0.15, -0.1) is 24.8 Å². The van der Waals surface area contributed by atoms with Crippen molar-refractivity contribution in [2.24, 2.45) is 5.92 Å². The molecule has 1 aliphatic carbocycles. The van der Waals surface area contributed by atoms with Gasteiger partial charge in [0.1, 0.15) is 23.2 Å². The van der Waals surface area contributed by atoms with Crippen molar-refractivity contribution in [2.45, 2.75) is 31.7 Å². The van der Waals surface area contributed by atoms with Crippen molar-refractivity contribution < 1.29 is 9.50 Å². The Morgan fingerprint density at radius 2 is 1.83 bits per heavy atom. The van der Waals surface area contributed by atoms with Crippen molar-refractivity contribution in [3.63, 3.8) is 0 Å². The van der Waals surface area contributed by atoms with Crippen molar-refractivity contribution >= 4 is 24.8 Å². The van der Waals surface area contributed by atoms with Crippen LogP contribution in [0.5, 0.6) is 5.75 Å². The van der Waals surface area contributed by atoms with Gasteiger partial charge in [0.15, 0.2) is 0 Å². The molecule has 134 valence electrons. The first-order valence-corrected chi connectivity index (χ1v) is 8.08. The standard InChI is InChI=1S/C17H22FN3O.2ClH/c18-15-6-5-13(17(22)14(15)11-19)16(12-3-1-2-4-12)21-9-7-20-8-10-21;;/h5-6,12,16,20,22H,1-4,7-10H2;2*1H/t16-;;/m0../s1. The Bertz CT molecular complexity index is 582. The van der Waals surface area contributed by atoms with E-state index >= 15 is 0 Å². The molecule has 0 amide bonds. The van der Waals surface area contributed by atoms with Crippen molar-refractivity contribution in [1.29, 1.82) is 5.26 Å². The lowest BCUT2D eigenvalue weighted by Gasteiger charge is -2.39. The van der Waals surface area contributed by atoms with E-state index in [1.54, 1.807) is 12.1 Å². The molecule has 2 aliphatic rings. The number of phenolic OH excluding ortho intramolecular Hbond substituents is 1. The molecule has 1 saturated heterocycles. The van der Waals surface area contributed by atoms with Crippen LogP contribution in [-0.4, -0.2) is 36.2 Å². The van der Waals surface area contributed by atoms with Crippen molar-refractivity contribution in [1.82, 2.24) is 10.2 Å². The minimum atomic E-state index is -0.644. The SMILES string of the molecule is Cl.Cl.N#Cc1c(F)ccc([C@H](C2CCCC2)N2CCNCC2)c1O. The molecule has 2 N–H and O–H groups in total. The van der Waals surface area contributed by atoms with E-state index in [1.807, 2.05) is 0 Å². The molecule has 1 heterocycles. The average Bonchev–Trinajstić information content (AvgIpc) is 3.05. The number of aromatic hydroxyl groups is 1. The van der Waals surface area contributed by atoms with E-state index in [-0.39, 0.29) is 42.2 Å². The zero-order chi connectivity index (χ0) is 15.5. The quantitative estimate of drug-likeness (QED) is 0.849. The fourth-order valence-corrected chi connectivity index (χ4v) is 3.91. The fourth-order valence-electron chi connectivity index (χ4n) is 3.91. The van der Waals surface area contributed by atoms with Gasteiger partial charge < -0.3 is 10.4 Å². The Balaban J connectivity index is 0.00000144. The summed E-state index contributed by atoms with van der Waals surface area (Å²) in [4.78, 5) is 2.38. The first-order valence-electron chi connectivity index (χ1n) is 8.08. The van der Waals surface area contributed by atoms with Gasteiger partial charge in [-0.2, -0.15) is 5.26 Å². The summed E-state index contributed by atoms with van der Waals surface area (Å²) in [5, 5.41) is 22.9. The van der Waals surface area contributed by atoms with Crippen LogP contribution in [0.15, 0.2) is 12.1 Å². The van der Waals surface area contributed by atoms with Gasteiger partial charge in [-0.3, -0.25) is 4.90 Å². The molecule has 0 aromatic heterocycles. The lowest BCUT2D eigenvalue weighted by molar-refractivity contribution is 0.123. The second-order valence-electron chi connectivity index (χ2n) is 6.25. The largest absolute Gasteiger partial charge is 0.506 e. The molecule has 24 heavy (non-hydrogen) atoms. The number of halogens is 3. The third-order valence-electron chi connectivity index (χ3n) is 4.98. The highest BCUT2D eigenvalue weighted by Gasteiger charge is 2.34. The minimum absolute atomic E-state index is 0. The Hall–Kier alpha value is -1.06. The summed E-state index contributed by atoms with van der Waals surface area (Å²) in [6.07, 6.45) is 4.68. The number of piperazine rings is 1. The number of benzene rings is 1. The molecule has 3 rings (SSSR count). The zero-order valence-corrected chi connectivity index (χ0v) is 15.1. The van der Waals surface area contributed by atoms with Crippen LogP contribution in [0.4, 0.5) is 4.39 Å². The van der Waals surface area contributed by atoms with Gasteiger partial charge >= 0.3 is 0 Å². The van der Waals surface area contributed by atoms with Crippen LogP contribution < -0.4 is 5.32 Å². The third kappa shape index (κ3) is 4.12. The van der Waals surface area contributed by atoms with Gasteiger partial charge in [-0.05, 0) is 24.8 Å². The maximum absolute atomic E-state index is 13.7. The Labute approximate surface area is 154 Å². The lowest BCUT2D eigenvalue weighted by Crippen LogP contribution is -2.46. The second kappa shape index (κ2) is 9.43. The van der Waals surface area contributed by atoms with Crippen LogP contribution in [0.1, 0.15) is 42.9 Å². The van der Waals surface area contributed by atoms with Gasteiger partial charge in [-0.1, -0.05) is 18.9 Å². The minimum Gasteiger partial charge on any atom is -0.506 e. The molecule has 2 fully saturated rings. The smallest absolute Gasteiger partial charge is 0.144 e. The zero-order valence-electron chi connectivity index (χ0n) is 13.5. The van der Waals surface area contributed by atoms with Gasteiger partial charge in [-0.25, -0.2) is 4.39 Å². The molecule has 1 atom stereocenters. The van der Waals surface area contributed by atoms with Crippen molar-refractivity contribution in [2.75, 3.05) is 26.2 Å². The number of phenols is 1. The van der Waals surface area contributed by atoms with Gasteiger partial charge in [0.05, 0.1) is 0 Å². The Kier molecular flexibility index (Phi) is 8.24.